The molecule has 4 aromatic rings. The van der Waals surface area contributed by atoms with Crippen LogP contribution < -0.4 is 10.9 Å². The van der Waals surface area contributed by atoms with Crippen LogP contribution in [0.4, 0.5) is 5.69 Å². The largest absolute Gasteiger partial charge is 0.325 e. The number of pyridine rings is 1. The number of aryl methyl sites for hydroxylation is 3. The first-order valence-corrected chi connectivity index (χ1v) is 10.9. The van der Waals surface area contributed by atoms with Crippen molar-refractivity contribution in [2.45, 2.75) is 25.9 Å². The topological polar surface area (TPSA) is 76.9 Å². The van der Waals surface area contributed by atoms with Crippen molar-refractivity contribution in [2.24, 2.45) is 0 Å². The monoisotopic (exact) mass is 430 g/mol. The number of para-hydroxylation sites is 1. The number of nitrogens with zero attached hydrogens (tertiary/aromatic N) is 3. The highest BCUT2D eigenvalue weighted by Crippen LogP contribution is 2.22. The Balaban J connectivity index is 1.68. The van der Waals surface area contributed by atoms with Crippen molar-refractivity contribution in [3.8, 4) is 5.82 Å². The van der Waals surface area contributed by atoms with Crippen molar-refractivity contribution in [1.82, 2.24) is 14.5 Å². The molecule has 0 saturated carbocycles. The molecule has 1 N–H and O–H groups in total. The van der Waals surface area contributed by atoms with E-state index in [1.165, 1.54) is 16.3 Å². The summed E-state index contributed by atoms with van der Waals surface area (Å²) in [4.78, 5) is 34.9. The molecule has 0 saturated heterocycles. The van der Waals surface area contributed by atoms with Gasteiger partial charge in [0.05, 0.1) is 16.7 Å². The predicted molar refractivity (Wildman–Crippen MR) is 125 cm³/mol. The molecule has 0 aliphatic rings. The molecule has 6 nitrogen and oxygen atoms in total. The SMILES string of the molecule is Cc1ccnc(-n2c(SCC(=O)Nc3cc(C)ccc3C)nc3ccccc3c2=O)c1. The number of carbonyl (C=O) groups excluding carboxylic acids is 1. The summed E-state index contributed by atoms with van der Waals surface area (Å²) in [5.41, 5.74) is 4.22. The lowest BCUT2D eigenvalue weighted by Crippen LogP contribution is -2.23. The number of rotatable bonds is 5. The number of nitrogens with one attached hydrogen (secondary N) is 1. The second-order valence-corrected chi connectivity index (χ2v) is 8.34. The average molecular weight is 431 g/mol. The minimum atomic E-state index is -0.207. The van der Waals surface area contributed by atoms with Crippen LogP contribution in [0.1, 0.15) is 16.7 Å². The minimum absolute atomic E-state index is 0.115. The molecule has 2 heterocycles. The molecular weight excluding hydrogens is 408 g/mol. The fourth-order valence-corrected chi connectivity index (χ4v) is 4.04. The zero-order chi connectivity index (χ0) is 22.0. The summed E-state index contributed by atoms with van der Waals surface area (Å²) in [6, 6.07) is 16.8. The lowest BCUT2D eigenvalue weighted by molar-refractivity contribution is -0.113. The molecule has 0 aliphatic carbocycles. The van der Waals surface area contributed by atoms with Crippen molar-refractivity contribution in [3.63, 3.8) is 0 Å². The van der Waals surface area contributed by atoms with E-state index in [1.54, 1.807) is 18.3 Å². The maximum absolute atomic E-state index is 13.2. The van der Waals surface area contributed by atoms with E-state index in [4.69, 9.17) is 0 Å². The molecule has 0 unspecified atom stereocenters. The van der Waals surface area contributed by atoms with E-state index >= 15 is 0 Å². The first-order chi connectivity index (χ1) is 14.9. The summed E-state index contributed by atoms with van der Waals surface area (Å²) in [6.07, 6.45) is 1.66. The van der Waals surface area contributed by atoms with Crippen LogP contribution in [0, 0.1) is 20.8 Å². The maximum Gasteiger partial charge on any atom is 0.267 e. The Labute approximate surface area is 184 Å². The van der Waals surface area contributed by atoms with Gasteiger partial charge < -0.3 is 5.32 Å². The first kappa shape index (κ1) is 20.8. The van der Waals surface area contributed by atoms with Gasteiger partial charge in [-0.1, -0.05) is 36.0 Å². The van der Waals surface area contributed by atoms with Crippen LogP contribution in [0.25, 0.3) is 16.7 Å². The molecule has 1 amide bonds. The fourth-order valence-electron chi connectivity index (χ4n) is 3.24. The molecule has 7 heteroatoms. The van der Waals surface area contributed by atoms with Crippen LogP contribution in [0.15, 0.2) is 70.7 Å². The van der Waals surface area contributed by atoms with Gasteiger partial charge in [0.1, 0.15) is 5.82 Å². The zero-order valence-corrected chi connectivity index (χ0v) is 18.4. The van der Waals surface area contributed by atoms with Gasteiger partial charge in [-0.05, 0) is 67.8 Å². The average Bonchev–Trinajstić information content (AvgIpc) is 2.75. The summed E-state index contributed by atoms with van der Waals surface area (Å²) in [5, 5.41) is 3.89. The van der Waals surface area contributed by atoms with Gasteiger partial charge in [0.15, 0.2) is 5.16 Å². The molecule has 0 atom stereocenters. The van der Waals surface area contributed by atoms with E-state index in [1.807, 2.05) is 63.2 Å². The molecule has 4 rings (SSSR count). The molecule has 0 aliphatic heterocycles. The molecular formula is C24H22N4O2S. The van der Waals surface area contributed by atoms with Crippen LogP contribution in [-0.4, -0.2) is 26.2 Å². The van der Waals surface area contributed by atoms with E-state index in [2.05, 4.69) is 15.3 Å². The summed E-state index contributed by atoms with van der Waals surface area (Å²) < 4.78 is 1.48. The summed E-state index contributed by atoms with van der Waals surface area (Å²) in [6.45, 7) is 5.87. The van der Waals surface area contributed by atoms with E-state index in [9.17, 15) is 9.59 Å². The van der Waals surface area contributed by atoms with Gasteiger partial charge in [-0.15, -0.1) is 0 Å². The third-order valence-electron chi connectivity index (χ3n) is 4.87. The Hall–Kier alpha value is -3.45. The number of hydrogen-bond donors (Lipinski definition) is 1. The van der Waals surface area contributed by atoms with Crippen molar-refractivity contribution < 1.29 is 4.79 Å². The van der Waals surface area contributed by atoms with Gasteiger partial charge in [-0.25, -0.2) is 14.5 Å². The molecule has 0 radical (unpaired) electrons. The Morgan fingerprint density at radius 3 is 2.61 bits per heavy atom. The Bertz CT molecular complexity index is 1350. The number of carbonyl (C=O) groups is 1. The van der Waals surface area contributed by atoms with E-state index in [-0.39, 0.29) is 17.2 Å². The third kappa shape index (κ3) is 4.51. The molecule has 156 valence electrons. The van der Waals surface area contributed by atoms with E-state index in [0.29, 0.717) is 21.9 Å². The minimum Gasteiger partial charge on any atom is -0.325 e. The smallest absolute Gasteiger partial charge is 0.267 e. The second-order valence-electron chi connectivity index (χ2n) is 7.40. The van der Waals surface area contributed by atoms with E-state index < -0.39 is 0 Å². The number of aromatic nitrogens is 3. The van der Waals surface area contributed by atoms with Crippen LogP contribution in [-0.2, 0) is 4.79 Å². The lowest BCUT2D eigenvalue weighted by Gasteiger charge is -2.13. The Morgan fingerprint density at radius 1 is 1.03 bits per heavy atom. The molecule has 31 heavy (non-hydrogen) atoms. The molecule has 0 fully saturated rings. The number of fused-ring (bicyclic) bond motifs is 1. The highest BCUT2D eigenvalue weighted by molar-refractivity contribution is 7.99. The standard InChI is InChI=1S/C24H22N4O2S/c1-15-8-9-17(3)20(12-15)26-22(29)14-31-24-27-19-7-5-4-6-18(19)23(30)28(24)21-13-16(2)10-11-25-21/h4-13H,14H2,1-3H3,(H,26,29). The quantitative estimate of drug-likeness (QED) is 0.374. The number of hydrogen-bond acceptors (Lipinski definition) is 5. The number of amides is 1. The highest BCUT2D eigenvalue weighted by Gasteiger charge is 2.16. The number of benzene rings is 2. The molecule has 0 bridgehead atoms. The molecule has 0 spiro atoms. The van der Waals surface area contributed by atoms with Crippen LogP contribution in [0.3, 0.4) is 0 Å². The van der Waals surface area contributed by atoms with Crippen molar-refractivity contribution in [2.75, 3.05) is 11.1 Å². The maximum atomic E-state index is 13.2. The van der Waals surface area contributed by atoms with Gasteiger partial charge in [0.25, 0.3) is 5.56 Å². The molecule has 2 aromatic carbocycles. The van der Waals surface area contributed by atoms with E-state index in [0.717, 1.165) is 22.4 Å². The number of anilines is 1. The normalized spacial score (nSPS) is 10.9. The van der Waals surface area contributed by atoms with Crippen LogP contribution in [0.2, 0.25) is 0 Å². The zero-order valence-electron chi connectivity index (χ0n) is 17.5. The van der Waals surface area contributed by atoms with Crippen LogP contribution in [0.5, 0.6) is 0 Å². The third-order valence-corrected chi connectivity index (χ3v) is 5.81. The fraction of sp³-hybridized carbons (Fsp3) is 0.167. The highest BCUT2D eigenvalue weighted by atomic mass is 32.2. The summed E-state index contributed by atoms with van der Waals surface area (Å²) in [7, 11) is 0. The first-order valence-electron chi connectivity index (χ1n) is 9.87. The van der Waals surface area contributed by atoms with Crippen molar-refractivity contribution >= 4 is 34.3 Å². The van der Waals surface area contributed by atoms with Crippen molar-refractivity contribution in [1.29, 1.82) is 0 Å². The van der Waals surface area contributed by atoms with Gasteiger partial charge in [0.2, 0.25) is 5.91 Å². The van der Waals surface area contributed by atoms with Gasteiger partial charge in [0, 0.05) is 11.9 Å². The van der Waals surface area contributed by atoms with Crippen LogP contribution >= 0.6 is 11.8 Å². The Morgan fingerprint density at radius 2 is 1.81 bits per heavy atom. The van der Waals surface area contributed by atoms with Crippen molar-refractivity contribution in [3.05, 3.63) is 87.8 Å². The van der Waals surface area contributed by atoms with Gasteiger partial charge in [-0.2, -0.15) is 0 Å². The lowest BCUT2D eigenvalue weighted by atomic mass is 10.1. The second kappa shape index (κ2) is 8.73. The summed E-state index contributed by atoms with van der Waals surface area (Å²) >= 11 is 1.21. The van der Waals surface area contributed by atoms with Gasteiger partial charge >= 0.3 is 0 Å². The Kier molecular flexibility index (Phi) is 5.86. The predicted octanol–water partition coefficient (Wildman–Crippen LogP) is 4.44. The van der Waals surface area contributed by atoms with Gasteiger partial charge in [-0.3, -0.25) is 9.59 Å². The molecule has 2 aromatic heterocycles. The number of thioether (sulfide) groups is 1. The summed E-state index contributed by atoms with van der Waals surface area (Å²) in [5.74, 6) is 0.440.